The molecule has 1 aromatic heterocycles. The van der Waals surface area contributed by atoms with Crippen molar-refractivity contribution in [2.75, 3.05) is 27.3 Å². The average molecular weight is 494 g/mol. The molecule has 1 saturated heterocycles. The van der Waals surface area contributed by atoms with Gasteiger partial charge in [0.1, 0.15) is 37.6 Å². The van der Waals surface area contributed by atoms with E-state index >= 15 is 0 Å². The van der Waals surface area contributed by atoms with E-state index < -0.39 is 22.9 Å². The molecule has 188 valence electrons. The van der Waals surface area contributed by atoms with E-state index in [2.05, 4.69) is 0 Å². The molecule has 0 saturated carbocycles. The molecule has 0 radical (unpaired) electrons. The Hall–Kier alpha value is -3.24. The summed E-state index contributed by atoms with van der Waals surface area (Å²) in [6.45, 7) is 5.20. The largest absolute Gasteiger partial charge is 0.507 e. The van der Waals surface area contributed by atoms with Crippen LogP contribution in [0.4, 0.5) is 13.2 Å². The minimum Gasteiger partial charge on any atom is -0.507 e. The summed E-state index contributed by atoms with van der Waals surface area (Å²) in [5.41, 5.74) is -1.64. The Morgan fingerprint density at radius 2 is 1.71 bits per heavy atom. The summed E-state index contributed by atoms with van der Waals surface area (Å²) in [5, 5.41) is 10.5. The molecular formula is C25H27F3NO6+. The van der Waals surface area contributed by atoms with Crippen molar-refractivity contribution in [2.24, 2.45) is 0 Å². The first-order valence-corrected chi connectivity index (χ1v) is 11.1. The molecule has 2 heterocycles. The molecular weight excluding hydrogens is 467 g/mol. The Morgan fingerprint density at radius 1 is 1.06 bits per heavy atom. The number of ether oxygens (including phenoxy) is 3. The highest BCUT2D eigenvalue weighted by molar-refractivity contribution is 5.87. The lowest BCUT2D eigenvalue weighted by Crippen LogP contribution is -3.14. The van der Waals surface area contributed by atoms with E-state index in [0.29, 0.717) is 18.8 Å². The Kier molecular flexibility index (Phi) is 6.70. The molecule has 2 aromatic carbocycles. The maximum atomic E-state index is 14.2. The van der Waals surface area contributed by atoms with Crippen LogP contribution in [-0.2, 0) is 17.5 Å². The highest BCUT2D eigenvalue weighted by Crippen LogP contribution is 2.41. The van der Waals surface area contributed by atoms with Gasteiger partial charge in [-0.05, 0) is 43.7 Å². The topological polar surface area (TPSA) is 82.6 Å². The van der Waals surface area contributed by atoms with Gasteiger partial charge in [-0.15, -0.1) is 0 Å². The Balaban J connectivity index is 1.93. The summed E-state index contributed by atoms with van der Waals surface area (Å²) in [6, 6.07) is 6.66. The van der Waals surface area contributed by atoms with Crippen molar-refractivity contribution in [3.05, 3.63) is 51.9 Å². The molecule has 1 aliphatic rings. The molecule has 1 unspecified atom stereocenters. The van der Waals surface area contributed by atoms with Gasteiger partial charge in [0.2, 0.25) is 11.2 Å². The maximum Gasteiger partial charge on any atom is 0.450 e. The van der Waals surface area contributed by atoms with Crippen LogP contribution in [0.25, 0.3) is 22.1 Å². The minimum absolute atomic E-state index is 0.0262. The molecule has 0 aliphatic carbocycles. The predicted molar refractivity (Wildman–Crippen MR) is 122 cm³/mol. The minimum atomic E-state index is -4.96. The predicted octanol–water partition coefficient (Wildman–Crippen LogP) is 3.39. The summed E-state index contributed by atoms with van der Waals surface area (Å²) in [7, 11) is 2.74. The van der Waals surface area contributed by atoms with E-state index in [0.717, 1.165) is 4.90 Å². The number of phenols is 1. The van der Waals surface area contributed by atoms with Crippen LogP contribution in [0.5, 0.6) is 17.2 Å². The van der Waals surface area contributed by atoms with Gasteiger partial charge in [-0.1, -0.05) is 6.07 Å². The molecule has 3 aromatic rings. The van der Waals surface area contributed by atoms with Gasteiger partial charge in [0.05, 0.1) is 30.7 Å². The fraction of sp³-hybridized carbons (Fsp3) is 0.400. The molecule has 2 N–H and O–H groups in total. The number of methoxy groups -OCH3 is 2. The molecule has 0 bridgehead atoms. The van der Waals surface area contributed by atoms with Crippen molar-refractivity contribution in [1.82, 2.24) is 0 Å². The number of quaternary nitrogens is 1. The van der Waals surface area contributed by atoms with Crippen molar-refractivity contribution in [3.63, 3.8) is 0 Å². The van der Waals surface area contributed by atoms with Crippen molar-refractivity contribution in [1.29, 1.82) is 0 Å². The highest BCUT2D eigenvalue weighted by atomic mass is 19.4. The second kappa shape index (κ2) is 9.43. The number of halogens is 3. The lowest BCUT2D eigenvalue weighted by molar-refractivity contribution is -0.928. The fourth-order valence-corrected chi connectivity index (χ4v) is 4.71. The zero-order chi connectivity index (χ0) is 25.5. The van der Waals surface area contributed by atoms with Crippen LogP contribution >= 0.6 is 0 Å². The fourth-order valence-electron chi connectivity index (χ4n) is 4.71. The van der Waals surface area contributed by atoms with Crippen LogP contribution in [0.2, 0.25) is 0 Å². The summed E-state index contributed by atoms with van der Waals surface area (Å²) in [5.74, 6) is -1.19. The molecule has 3 atom stereocenters. The second-order valence-electron chi connectivity index (χ2n) is 8.74. The lowest BCUT2D eigenvalue weighted by atomic mass is 9.99. The van der Waals surface area contributed by atoms with Crippen molar-refractivity contribution in [3.8, 4) is 28.4 Å². The number of phenolic OH excluding ortho intramolecular Hbond substituents is 1. The Bertz CT molecular complexity index is 1290. The van der Waals surface area contributed by atoms with Gasteiger partial charge < -0.3 is 28.6 Å². The Labute approximate surface area is 199 Å². The number of rotatable bonds is 5. The smallest absolute Gasteiger partial charge is 0.450 e. The number of hydrogen-bond acceptors (Lipinski definition) is 6. The quantitative estimate of drug-likeness (QED) is 0.566. The summed E-state index contributed by atoms with van der Waals surface area (Å²) in [6.07, 6.45) is -5.08. The summed E-state index contributed by atoms with van der Waals surface area (Å²) in [4.78, 5) is 14.5. The van der Waals surface area contributed by atoms with Crippen molar-refractivity contribution in [2.45, 2.75) is 38.8 Å². The van der Waals surface area contributed by atoms with E-state index in [1.807, 2.05) is 13.8 Å². The van der Waals surface area contributed by atoms with Crippen LogP contribution in [0, 0.1) is 0 Å². The Morgan fingerprint density at radius 3 is 2.31 bits per heavy atom. The number of alkyl halides is 3. The SMILES string of the molecule is COc1ccc(-c2c(C(F)(F)F)oc3c(C[NH+]4C[C@@H](C)O[C@@H](C)C4)c(O)ccc3c2=O)cc1OC. The average Bonchev–Trinajstić information content (AvgIpc) is 2.79. The number of benzene rings is 2. The number of aromatic hydroxyl groups is 1. The number of fused-ring (bicyclic) bond motifs is 1. The van der Waals surface area contributed by atoms with Crippen molar-refractivity contribution >= 4 is 11.0 Å². The first kappa shape index (κ1) is 24.9. The van der Waals surface area contributed by atoms with E-state index in [1.165, 1.54) is 44.6 Å². The first-order valence-electron chi connectivity index (χ1n) is 11.1. The van der Waals surface area contributed by atoms with E-state index in [9.17, 15) is 23.1 Å². The standard InChI is InChI=1S/C25H26F3NO6/c1-13-10-29(11-14(2)34-13)12-17-18(30)7-6-16-22(31)21(24(25(26,27)28)35-23(16)17)15-5-8-19(32-3)20(9-15)33-4/h5-9,13-14,30H,10-12H2,1-4H3/p+1/t13-,14+. The van der Waals surface area contributed by atoms with Crippen molar-refractivity contribution < 1.29 is 41.8 Å². The van der Waals surface area contributed by atoms with Crippen LogP contribution in [0.3, 0.4) is 0 Å². The van der Waals surface area contributed by atoms with Gasteiger partial charge in [0, 0.05) is 0 Å². The van der Waals surface area contributed by atoms with Gasteiger partial charge in [0.25, 0.3) is 0 Å². The zero-order valence-electron chi connectivity index (χ0n) is 19.8. The van der Waals surface area contributed by atoms with Crippen LogP contribution < -0.4 is 19.8 Å². The third kappa shape index (κ3) is 4.81. The third-order valence-corrected chi connectivity index (χ3v) is 6.11. The monoisotopic (exact) mass is 494 g/mol. The van der Waals surface area contributed by atoms with Crippen LogP contribution in [0.1, 0.15) is 25.2 Å². The van der Waals surface area contributed by atoms with Gasteiger partial charge in [-0.3, -0.25) is 4.79 Å². The van der Waals surface area contributed by atoms with Gasteiger partial charge in [-0.2, -0.15) is 13.2 Å². The molecule has 0 spiro atoms. The number of morpholine rings is 1. The van der Waals surface area contributed by atoms with E-state index in [4.69, 9.17) is 18.6 Å². The normalized spacial score (nSPS) is 20.7. The summed E-state index contributed by atoms with van der Waals surface area (Å²) < 4.78 is 64.1. The number of hydrogen-bond donors (Lipinski definition) is 2. The molecule has 7 nitrogen and oxygen atoms in total. The van der Waals surface area contributed by atoms with Gasteiger partial charge in [0.15, 0.2) is 17.1 Å². The van der Waals surface area contributed by atoms with Gasteiger partial charge in [-0.25, -0.2) is 0 Å². The molecule has 0 amide bonds. The molecule has 35 heavy (non-hydrogen) atoms. The maximum absolute atomic E-state index is 14.2. The van der Waals surface area contributed by atoms with E-state index in [1.54, 1.807) is 0 Å². The molecule has 10 heteroatoms. The van der Waals surface area contributed by atoms with Gasteiger partial charge >= 0.3 is 6.18 Å². The summed E-state index contributed by atoms with van der Waals surface area (Å²) >= 11 is 0. The first-order chi connectivity index (χ1) is 16.5. The third-order valence-electron chi connectivity index (χ3n) is 6.11. The second-order valence-corrected chi connectivity index (χ2v) is 8.74. The van der Waals surface area contributed by atoms with Crippen LogP contribution in [-0.4, -0.2) is 44.6 Å². The molecule has 4 rings (SSSR count). The highest BCUT2D eigenvalue weighted by Gasteiger charge is 2.40. The lowest BCUT2D eigenvalue weighted by Gasteiger charge is -2.32. The van der Waals surface area contributed by atoms with Crippen LogP contribution in [0.15, 0.2) is 39.5 Å². The van der Waals surface area contributed by atoms with E-state index in [-0.39, 0.29) is 52.3 Å². The zero-order valence-corrected chi connectivity index (χ0v) is 19.8. The number of nitrogens with one attached hydrogen (secondary N) is 1. The molecule has 1 fully saturated rings. The molecule has 1 aliphatic heterocycles.